The van der Waals surface area contributed by atoms with Crippen LogP contribution in [-0.2, 0) is 6.54 Å². The van der Waals surface area contributed by atoms with Gasteiger partial charge in [0.1, 0.15) is 5.76 Å². The molecule has 0 radical (unpaired) electrons. The molecule has 0 aliphatic carbocycles. The number of hydrogen-bond acceptors (Lipinski definition) is 5. The molecule has 1 fully saturated rings. The van der Waals surface area contributed by atoms with Crippen molar-refractivity contribution in [1.82, 2.24) is 15.2 Å². The average molecular weight is 280 g/mol. The van der Waals surface area contributed by atoms with E-state index in [0.29, 0.717) is 12.6 Å². The number of likely N-dealkylation sites (tertiary alicyclic amines) is 1. The first kappa shape index (κ1) is 15.0. The van der Waals surface area contributed by atoms with Gasteiger partial charge < -0.3 is 9.32 Å². The number of carbonyl (C=O) groups excluding carboxylic acids is 1. The van der Waals surface area contributed by atoms with Gasteiger partial charge in [-0.25, -0.2) is 5.84 Å². The van der Waals surface area contributed by atoms with Crippen LogP contribution in [0, 0.1) is 0 Å². The minimum atomic E-state index is -0.393. The molecule has 0 unspecified atom stereocenters. The number of nitrogens with two attached hydrogens (primary N) is 1. The molecule has 0 bridgehead atoms. The molecular formula is C14H24N4O2. The molecule has 2 heterocycles. The molecule has 1 aromatic heterocycles. The second kappa shape index (κ2) is 6.88. The number of carbonyl (C=O) groups is 1. The lowest BCUT2D eigenvalue weighted by molar-refractivity contribution is 0.0917. The van der Waals surface area contributed by atoms with Gasteiger partial charge in [0.2, 0.25) is 0 Å². The Labute approximate surface area is 119 Å². The molecule has 1 aliphatic heterocycles. The molecule has 6 heteroatoms. The third-order valence-corrected chi connectivity index (χ3v) is 4.05. The summed E-state index contributed by atoms with van der Waals surface area (Å²) in [6, 6.07) is 4.07. The Hall–Kier alpha value is -1.37. The standard InChI is InChI=1S/C14H24N4O2/c1-3-18-8-6-11(7-9-18)17(2)10-12-4-5-13(20-12)14(19)16-15/h4-5,11H,3,6-10,15H2,1-2H3,(H,16,19). The summed E-state index contributed by atoms with van der Waals surface area (Å²) in [5, 5.41) is 0. The fraction of sp³-hybridized carbons (Fsp3) is 0.643. The average Bonchev–Trinajstić information content (AvgIpc) is 2.95. The fourth-order valence-corrected chi connectivity index (χ4v) is 2.71. The normalized spacial score (nSPS) is 17.6. The first-order valence-electron chi connectivity index (χ1n) is 7.16. The van der Waals surface area contributed by atoms with Crippen LogP contribution in [0.15, 0.2) is 16.5 Å². The Morgan fingerprint density at radius 2 is 2.20 bits per heavy atom. The van der Waals surface area contributed by atoms with E-state index in [0.717, 1.165) is 25.4 Å². The lowest BCUT2D eigenvalue weighted by atomic mass is 10.0. The zero-order valence-electron chi connectivity index (χ0n) is 12.3. The van der Waals surface area contributed by atoms with Crippen LogP contribution in [0.4, 0.5) is 0 Å². The van der Waals surface area contributed by atoms with Crippen LogP contribution < -0.4 is 11.3 Å². The number of hydrazine groups is 1. The summed E-state index contributed by atoms with van der Waals surface area (Å²) in [7, 11) is 2.11. The molecule has 1 saturated heterocycles. The second-order valence-electron chi connectivity index (χ2n) is 5.32. The van der Waals surface area contributed by atoms with E-state index in [4.69, 9.17) is 10.3 Å². The highest BCUT2D eigenvalue weighted by Crippen LogP contribution is 2.18. The number of piperidine rings is 1. The quantitative estimate of drug-likeness (QED) is 0.474. The lowest BCUT2D eigenvalue weighted by Crippen LogP contribution is -2.42. The number of nitrogen functional groups attached to an aromatic ring is 1. The van der Waals surface area contributed by atoms with Crippen molar-refractivity contribution < 1.29 is 9.21 Å². The summed E-state index contributed by atoms with van der Waals surface area (Å²) in [4.78, 5) is 16.1. The minimum Gasteiger partial charge on any atom is -0.455 e. The van der Waals surface area contributed by atoms with Crippen LogP contribution in [0.25, 0.3) is 0 Å². The second-order valence-corrected chi connectivity index (χ2v) is 5.32. The van der Waals surface area contributed by atoms with Gasteiger partial charge in [0, 0.05) is 6.04 Å². The summed E-state index contributed by atoms with van der Waals surface area (Å²) < 4.78 is 5.50. The first-order valence-corrected chi connectivity index (χ1v) is 7.16. The summed E-state index contributed by atoms with van der Waals surface area (Å²) in [5.74, 6) is 5.75. The van der Waals surface area contributed by atoms with Gasteiger partial charge in [-0.3, -0.25) is 15.1 Å². The third kappa shape index (κ3) is 3.59. The molecule has 0 aromatic carbocycles. The van der Waals surface area contributed by atoms with E-state index < -0.39 is 5.91 Å². The van der Waals surface area contributed by atoms with Crippen LogP contribution in [0.1, 0.15) is 36.1 Å². The predicted molar refractivity (Wildman–Crippen MR) is 77.0 cm³/mol. The summed E-state index contributed by atoms with van der Waals surface area (Å²) in [6.07, 6.45) is 2.36. The van der Waals surface area contributed by atoms with Crippen LogP contribution >= 0.6 is 0 Å². The van der Waals surface area contributed by atoms with E-state index in [1.54, 1.807) is 6.07 Å². The highest BCUT2D eigenvalue weighted by molar-refractivity contribution is 5.90. The number of amides is 1. The Balaban J connectivity index is 1.86. The molecule has 1 amide bonds. The van der Waals surface area contributed by atoms with Crippen LogP contribution in [0.3, 0.4) is 0 Å². The maximum atomic E-state index is 11.3. The van der Waals surface area contributed by atoms with Crippen molar-refractivity contribution in [3.63, 3.8) is 0 Å². The van der Waals surface area contributed by atoms with Gasteiger partial charge in [0.05, 0.1) is 6.54 Å². The molecule has 3 N–H and O–H groups in total. The summed E-state index contributed by atoms with van der Waals surface area (Å²) in [5.41, 5.74) is 2.07. The number of rotatable bonds is 5. The van der Waals surface area contributed by atoms with E-state index in [2.05, 4.69) is 29.2 Å². The van der Waals surface area contributed by atoms with E-state index in [1.807, 2.05) is 6.07 Å². The van der Waals surface area contributed by atoms with Crippen molar-refractivity contribution in [3.8, 4) is 0 Å². The van der Waals surface area contributed by atoms with Gasteiger partial charge in [0.15, 0.2) is 5.76 Å². The Morgan fingerprint density at radius 3 is 2.80 bits per heavy atom. The summed E-state index contributed by atoms with van der Waals surface area (Å²) >= 11 is 0. The summed E-state index contributed by atoms with van der Waals surface area (Å²) in [6.45, 7) is 6.37. The van der Waals surface area contributed by atoms with Crippen molar-refractivity contribution in [2.24, 2.45) is 5.84 Å². The SMILES string of the molecule is CCN1CCC(N(C)Cc2ccc(C(=O)NN)o2)CC1. The minimum absolute atomic E-state index is 0.261. The molecule has 1 aliphatic rings. The Bertz CT molecular complexity index is 438. The van der Waals surface area contributed by atoms with Gasteiger partial charge in [-0.05, 0) is 51.7 Å². The van der Waals surface area contributed by atoms with Gasteiger partial charge in [-0.15, -0.1) is 0 Å². The number of nitrogens with one attached hydrogen (secondary N) is 1. The van der Waals surface area contributed by atoms with E-state index in [9.17, 15) is 4.79 Å². The van der Waals surface area contributed by atoms with Crippen molar-refractivity contribution >= 4 is 5.91 Å². The number of furan rings is 1. The van der Waals surface area contributed by atoms with Gasteiger partial charge >= 0.3 is 5.91 Å². The molecule has 0 spiro atoms. The molecule has 112 valence electrons. The molecule has 20 heavy (non-hydrogen) atoms. The topological polar surface area (TPSA) is 74.7 Å². The molecular weight excluding hydrogens is 256 g/mol. The number of hydrogen-bond donors (Lipinski definition) is 2. The maximum absolute atomic E-state index is 11.3. The van der Waals surface area contributed by atoms with Gasteiger partial charge in [-0.1, -0.05) is 6.92 Å². The van der Waals surface area contributed by atoms with E-state index >= 15 is 0 Å². The zero-order chi connectivity index (χ0) is 14.5. The molecule has 1 aromatic rings. The first-order chi connectivity index (χ1) is 9.63. The van der Waals surface area contributed by atoms with Crippen LogP contribution in [0.5, 0.6) is 0 Å². The zero-order valence-corrected chi connectivity index (χ0v) is 12.3. The lowest BCUT2D eigenvalue weighted by Gasteiger charge is -2.35. The highest BCUT2D eigenvalue weighted by Gasteiger charge is 2.22. The van der Waals surface area contributed by atoms with Crippen molar-refractivity contribution in [2.45, 2.75) is 32.4 Å². The Kier molecular flexibility index (Phi) is 5.17. The Morgan fingerprint density at radius 1 is 1.50 bits per heavy atom. The van der Waals surface area contributed by atoms with Crippen LogP contribution in [0.2, 0.25) is 0 Å². The van der Waals surface area contributed by atoms with Crippen molar-refractivity contribution in [1.29, 1.82) is 0 Å². The molecule has 0 saturated carbocycles. The van der Waals surface area contributed by atoms with Gasteiger partial charge in [-0.2, -0.15) is 0 Å². The third-order valence-electron chi connectivity index (χ3n) is 4.05. The van der Waals surface area contributed by atoms with E-state index in [-0.39, 0.29) is 5.76 Å². The molecule has 6 nitrogen and oxygen atoms in total. The molecule has 2 rings (SSSR count). The van der Waals surface area contributed by atoms with E-state index in [1.165, 1.54) is 12.8 Å². The predicted octanol–water partition coefficient (Wildman–Crippen LogP) is 0.799. The largest absolute Gasteiger partial charge is 0.455 e. The van der Waals surface area contributed by atoms with Gasteiger partial charge in [0.25, 0.3) is 0 Å². The smallest absolute Gasteiger partial charge is 0.300 e. The highest BCUT2D eigenvalue weighted by atomic mass is 16.4. The maximum Gasteiger partial charge on any atom is 0.300 e. The monoisotopic (exact) mass is 280 g/mol. The number of nitrogens with zero attached hydrogens (tertiary/aromatic N) is 2. The van der Waals surface area contributed by atoms with Crippen molar-refractivity contribution in [3.05, 3.63) is 23.7 Å². The molecule has 0 atom stereocenters. The van der Waals surface area contributed by atoms with Crippen LogP contribution in [-0.4, -0.2) is 48.4 Å². The fourth-order valence-electron chi connectivity index (χ4n) is 2.71. The van der Waals surface area contributed by atoms with Crippen molar-refractivity contribution in [2.75, 3.05) is 26.7 Å².